The van der Waals surface area contributed by atoms with Crippen molar-refractivity contribution in [1.82, 2.24) is 20.5 Å². The van der Waals surface area contributed by atoms with Crippen LogP contribution in [0, 0.1) is 0 Å². The van der Waals surface area contributed by atoms with Crippen molar-refractivity contribution in [2.75, 3.05) is 50.6 Å². The first-order valence-corrected chi connectivity index (χ1v) is 17.8. The number of nitrogens with one attached hydrogen (secondary N) is 4. The largest absolute Gasteiger partial charge is 0.493 e. The minimum absolute atomic E-state index is 0.0623. The predicted molar refractivity (Wildman–Crippen MR) is 193 cm³/mol. The van der Waals surface area contributed by atoms with Gasteiger partial charge in [-0.1, -0.05) is 18.2 Å². The summed E-state index contributed by atoms with van der Waals surface area (Å²) < 4.78 is 29.0. The maximum atomic E-state index is 13.9. The minimum Gasteiger partial charge on any atom is -0.493 e. The standard InChI is InChI=1S/C36H40N6O8S/c1-19(43)37-23-12-10-20-16-29(46-2)32(47-3)33(48-4)31(20)21-11-13-24(26(44)17-22(21)23)38-25(14-15-51-5)35(45)40-36-39-34(41-42-36)30-18-49-27-8-6-7-9-28(27)50-30/h6-9,11,13,16-17,23,25,30H,10,12,14-15,18H2,1-5H3,(H,37,43)(H,38,44)(H2,39,40,41,42,45)/t23-,25-,30+/m0/s1. The normalized spacial score (nSPS) is 16.4. The van der Waals surface area contributed by atoms with E-state index < -0.39 is 24.1 Å². The maximum Gasteiger partial charge on any atom is 0.249 e. The molecule has 4 aromatic rings. The van der Waals surface area contributed by atoms with Gasteiger partial charge in [-0.05, 0) is 78.3 Å². The molecule has 15 heteroatoms. The number of aryl methyl sites for hydroxylation is 1. The Morgan fingerprint density at radius 2 is 1.84 bits per heavy atom. The van der Waals surface area contributed by atoms with E-state index in [1.54, 1.807) is 38.1 Å². The number of aromatic nitrogens is 3. The molecule has 2 amide bonds. The smallest absolute Gasteiger partial charge is 0.249 e. The third-order valence-electron chi connectivity index (χ3n) is 8.72. The number of benzene rings is 2. The number of nitrogens with zero attached hydrogens (tertiary/aromatic N) is 2. The highest BCUT2D eigenvalue weighted by molar-refractivity contribution is 7.98. The zero-order valence-electron chi connectivity index (χ0n) is 29.0. The van der Waals surface area contributed by atoms with E-state index in [1.807, 2.05) is 36.6 Å². The summed E-state index contributed by atoms with van der Waals surface area (Å²) >= 11 is 1.57. The Hall–Kier alpha value is -5.44. The molecular weight excluding hydrogens is 676 g/mol. The number of hydrogen-bond acceptors (Lipinski definition) is 12. The summed E-state index contributed by atoms with van der Waals surface area (Å²) in [5.74, 6) is 3.03. The van der Waals surface area contributed by atoms with Crippen LogP contribution in [0.1, 0.15) is 48.9 Å². The summed E-state index contributed by atoms with van der Waals surface area (Å²) in [5, 5.41) is 16.0. The third kappa shape index (κ3) is 7.53. The van der Waals surface area contributed by atoms with Crippen LogP contribution in [0.3, 0.4) is 0 Å². The summed E-state index contributed by atoms with van der Waals surface area (Å²) in [6.45, 7) is 1.66. The molecule has 1 aliphatic carbocycles. The van der Waals surface area contributed by atoms with Crippen LogP contribution >= 0.6 is 11.8 Å². The topological polar surface area (TPSA) is 175 Å². The Morgan fingerprint density at radius 3 is 2.57 bits per heavy atom. The average molecular weight is 717 g/mol. The van der Waals surface area contributed by atoms with E-state index in [-0.39, 0.29) is 29.6 Å². The lowest BCUT2D eigenvalue weighted by atomic mass is 9.95. The second-order valence-corrected chi connectivity index (χ2v) is 13.0. The molecule has 0 bridgehead atoms. The number of para-hydroxylation sites is 2. The molecule has 3 atom stereocenters. The first kappa shape index (κ1) is 35.4. The van der Waals surface area contributed by atoms with Crippen molar-refractivity contribution >= 4 is 35.2 Å². The minimum atomic E-state index is -0.812. The molecule has 0 saturated carbocycles. The van der Waals surface area contributed by atoms with Crippen LogP contribution in [-0.4, -0.2) is 73.0 Å². The van der Waals surface area contributed by atoms with Gasteiger partial charge in [-0.15, -0.1) is 5.10 Å². The zero-order chi connectivity index (χ0) is 36.1. The highest BCUT2D eigenvalue weighted by Gasteiger charge is 2.31. The quantitative estimate of drug-likeness (QED) is 0.160. The lowest BCUT2D eigenvalue weighted by Crippen LogP contribution is -2.36. The first-order valence-electron chi connectivity index (χ1n) is 16.4. The number of carbonyl (C=O) groups excluding carboxylic acids is 2. The monoisotopic (exact) mass is 716 g/mol. The number of H-pyrrole nitrogens is 1. The van der Waals surface area contributed by atoms with Crippen molar-refractivity contribution in [3.8, 4) is 39.9 Å². The number of amides is 2. The van der Waals surface area contributed by atoms with Gasteiger partial charge in [0, 0.05) is 12.5 Å². The molecule has 0 spiro atoms. The van der Waals surface area contributed by atoms with Gasteiger partial charge in [0.05, 0.1) is 33.1 Å². The summed E-state index contributed by atoms with van der Waals surface area (Å²) in [4.78, 5) is 44.4. The highest BCUT2D eigenvalue weighted by atomic mass is 32.2. The van der Waals surface area contributed by atoms with Gasteiger partial charge in [0.25, 0.3) is 0 Å². The number of fused-ring (bicyclic) bond motifs is 4. The molecule has 3 aromatic carbocycles. The molecule has 2 heterocycles. The number of rotatable bonds is 12. The number of thioether (sulfide) groups is 1. The molecule has 0 radical (unpaired) electrons. The van der Waals surface area contributed by atoms with E-state index in [0.717, 1.165) is 11.1 Å². The Balaban J connectivity index is 1.31. The van der Waals surface area contributed by atoms with Gasteiger partial charge in [0.15, 0.2) is 34.9 Å². The van der Waals surface area contributed by atoms with Crippen LogP contribution in [0.2, 0.25) is 0 Å². The summed E-state index contributed by atoms with van der Waals surface area (Å²) in [7, 11) is 4.63. The van der Waals surface area contributed by atoms with E-state index in [1.165, 1.54) is 20.1 Å². The number of ether oxygens (including phenoxy) is 5. The summed E-state index contributed by atoms with van der Waals surface area (Å²) in [6.07, 6.45) is 2.89. The molecule has 6 rings (SSSR count). The van der Waals surface area contributed by atoms with Crippen molar-refractivity contribution in [3.05, 3.63) is 75.7 Å². The van der Waals surface area contributed by atoms with Crippen LogP contribution in [0.25, 0.3) is 11.1 Å². The van der Waals surface area contributed by atoms with E-state index in [2.05, 4.69) is 31.1 Å². The highest BCUT2D eigenvalue weighted by Crippen LogP contribution is 2.50. The molecule has 51 heavy (non-hydrogen) atoms. The van der Waals surface area contributed by atoms with Crippen LogP contribution in [0.5, 0.6) is 28.7 Å². The van der Waals surface area contributed by atoms with Gasteiger partial charge < -0.3 is 34.3 Å². The fraction of sp³-hybridized carbons (Fsp3) is 0.361. The maximum absolute atomic E-state index is 13.9. The molecule has 2 aliphatic rings. The van der Waals surface area contributed by atoms with Gasteiger partial charge >= 0.3 is 0 Å². The summed E-state index contributed by atoms with van der Waals surface area (Å²) in [5.41, 5.74) is 2.78. The fourth-order valence-electron chi connectivity index (χ4n) is 6.34. The molecular formula is C36H40N6O8S. The van der Waals surface area contributed by atoms with Crippen LogP contribution in [-0.2, 0) is 16.0 Å². The van der Waals surface area contributed by atoms with Gasteiger partial charge in [-0.2, -0.15) is 16.7 Å². The first-order chi connectivity index (χ1) is 24.7. The van der Waals surface area contributed by atoms with E-state index in [4.69, 9.17) is 23.7 Å². The second-order valence-electron chi connectivity index (χ2n) is 12.0. The Labute approximate surface area is 299 Å². The van der Waals surface area contributed by atoms with Gasteiger partial charge in [0.1, 0.15) is 12.6 Å². The van der Waals surface area contributed by atoms with Crippen molar-refractivity contribution < 1.29 is 33.3 Å². The molecule has 0 unspecified atom stereocenters. The van der Waals surface area contributed by atoms with Gasteiger partial charge in [-0.25, -0.2) is 0 Å². The number of carbonyl (C=O) groups is 2. The Kier molecular flexibility index (Phi) is 10.8. The zero-order valence-corrected chi connectivity index (χ0v) is 29.8. The fourth-order valence-corrected chi connectivity index (χ4v) is 6.82. The molecule has 14 nitrogen and oxygen atoms in total. The molecule has 1 aliphatic heterocycles. The summed E-state index contributed by atoms with van der Waals surface area (Å²) in [6, 6.07) is 12.9. The number of aromatic amines is 1. The van der Waals surface area contributed by atoms with Crippen molar-refractivity contribution in [2.45, 2.75) is 44.4 Å². The second kappa shape index (κ2) is 15.6. The van der Waals surface area contributed by atoms with Crippen LogP contribution in [0.15, 0.2) is 53.3 Å². The average Bonchev–Trinajstić information content (AvgIpc) is 3.48. The molecule has 0 fully saturated rings. The lowest BCUT2D eigenvalue weighted by Gasteiger charge is -2.24. The Bertz CT molecular complexity index is 1990. The van der Waals surface area contributed by atoms with E-state index in [9.17, 15) is 14.4 Å². The SMILES string of the molecule is COc1cc2c(c(OC)c1OC)-c1ccc(N[C@@H](CCSC)C(=O)Nc3n[nH]c([C@H]4COc5ccccc5O4)n3)c(=O)cc1[C@@H](NC(C)=O)CC2. The van der Waals surface area contributed by atoms with Gasteiger partial charge in [0.2, 0.25) is 28.9 Å². The van der Waals surface area contributed by atoms with E-state index >= 15 is 0 Å². The Morgan fingerprint density at radius 1 is 1.06 bits per heavy atom. The molecule has 0 saturated heterocycles. The van der Waals surface area contributed by atoms with Crippen LogP contribution in [0.4, 0.5) is 11.6 Å². The van der Waals surface area contributed by atoms with Crippen LogP contribution < -0.4 is 45.1 Å². The van der Waals surface area contributed by atoms with E-state index in [0.29, 0.717) is 70.7 Å². The number of hydrogen-bond donors (Lipinski definition) is 4. The lowest BCUT2D eigenvalue weighted by molar-refractivity contribution is -0.120. The van der Waals surface area contributed by atoms with Crippen molar-refractivity contribution in [2.24, 2.45) is 0 Å². The number of anilines is 2. The van der Waals surface area contributed by atoms with Crippen molar-refractivity contribution in [3.63, 3.8) is 0 Å². The molecule has 1 aromatic heterocycles. The van der Waals surface area contributed by atoms with Crippen molar-refractivity contribution in [1.29, 1.82) is 0 Å². The third-order valence-corrected chi connectivity index (χ3v) is 9.37. The number of methoxy groups -OCH3 is 3. The van der Waals surface area contributed by atoms with Gasteiger partial charge in [-0.3, -0.25) is 24.8 Å². The molecule has 4 N–H and O–H groups in total. The molecule has 268 valence electrons. The predicted octanol–water partition coefficient (Wildman–Crippen LogP) is 4.67.